The van der Waals surface area contributed by atoms with E-state index in [1.807, 2.05) is 0 Å². The molecule has 7 nitrogen and oxygen atoms in total. The zero-order valence-corrected chi connectivity index (χ0v) is 14.7. The fraction of sp³-hybridized carbons (Fsp3) is 0.333. The maximum absolute atomic E-state index is 11.9. The molecular formula is C18H21N3O4. The van der Waals surface area contributed by atoms with Gasteiger partial charge in [-0.05, 0) is 52.0 Å². The second kappa shape index (κ2) is 7.74. The van der Waals surface area contributed by atoms with Crippen molar-refractivity contribution >= 4 is 17.7 Å². The molecule has 0 bridgehead atoms. The highest BCUT2D eigenvalue weighted by molar-refractivity contribution is 5.90. The van der Waals surface area contributed by atoms with Gasteiger partial charge in [-0.25, -0.2) is 9.59 Å². The summed E-state index contributed by atoms with van der Waals surface area (Å²) in [5.41, 5.74) is 1.33. The van der Waals surface area contributed by atoms with Crippen molar-refractivity contribution in [3.8, 4) is 11.4 Å². The number of rotatable bonds is 4. The zero-order valence-electron chi connectivity index (χ0n) is 14.7. The molecule has 2 rings (SSSR count). The summed E-state index contributed by atoms with van der Waals surface area (Å²) in [7, 11) is 0. The lowest BCUT2D eigenvalue weighted by atomic mass is 10.1. The molecule has 0 saturated heterocycles. The molecule has 132 valence electrons. The molecule has 2 aromatic heterocycles. The van der Waals surface area contributed by atoms with Crippen LogP contribution in [0.5, 0.6) is 0 Å². The van der Waals surface area contributed by atoms with Crippen LogP contribution in [0.4, 0.5) is 10.5 Å². The Balaban J connectivity index is 2.20. The highest BCUT2D eigenvalue weighted by Crippen LogP contribution is 2.20. The predicted octanol–water partition coefficient (Wildman–Crippen LogP) is 3.67. The van der Waals surface area contributed by atoms with Gasteiger partial charge in [-0.2, -0.15) is 0 Å². The van der Waals surface area contributed by atoms with E-state index in [1.54, 1.807) is 58.2 Å². The van der Waals surface area contributed by atoms with Crippen molar-refractivity contribution in [2.45, 2.75) is 33.3 Å². The number of pyridine rings is 2. The third-order valence-electron chi connectivity index (χ3n) is 2.94. The highest BCUT2D eigenvalue weighted by atomic mass is 16.6. The minimum absolute atomic E-state index is 0.296. The van der Waals surface area contributed by atoms with Crippen molar-refractivity contribution in [1.82, 2.24) is 9.97 Å². The first kappa shape index (κ1) is 18.4. The van der Waals surface area contributed by atoms with Crippen LogP contribution in [-0.4, -0.2) is 34.2 Å². The predicted molar refractivity (Wildman–Crippen MR) is 93.3 cm³/mol. The summed E-state index contributed by atoms with van der Waals surface area (Å²) < 4.78 is 10.2. The number of hydrogen-bond acceptors (Lipinski definition) is 6. The molecule has 1 N–H and O–H groups in total. The van der Waals surface area contributed by atoms with Gasteiger partial charge in [0.2, 0.25) is 0 Å². The normalized spacial score (nSPS) is 10.9. The molecule has 0 fully saturated rings. The summed E-state index contributed by atoms with van der Waals surface area (Å²) in [4.78, 5) is 32.1. The minimum atomic E-state index is -0.588. The van der Waals surface area contributed by atoms with E-state index in [0.717, 1.165) is 0 Å². The van der Waals surface area contributed by atoms with Crippen molar-refractivity contribution in [2.75, 3.05) is 11.9 Å². The second-order valence-electron chi connectivity index (χ2n) is 6.21. The lowest BCUT2D eigenvalue weighted by Crippen LogP contribution is -2.27. The summed E-state index contributed by atoms with van der Waals surface area (Å²) in [6, 6.07) is 6.46. The number of carbonyl (C=O) groups is 2. The van der Waals surface area contributed by atoms with Crippen LogP contribution in [0.15, 0.2) is 36.7 Å². The number of nitrogens with one attached hydrogen (secondary N) is 1. The van der Waals surface area contributed by atoms with E-state index >= 15 is 0 Å². The van der Waals surface area contributed by atoms with Gasteiger partial charge in [0.25, 0.3) is 0 Å². The minimum Gasteiger partial charge on any atom is -0.462 e. The van der Waals surface area contributed by atoms with E-state index in [9.17, 15) is 9.59 Å². The molecular weight excluding hydrogens is 322 g/mol. The quantitative estimate of drug-likeness (QED) is 0.852. The monoisotopic (exact) mass is 343 g/mol. The first-order chi connectivity index (χ1) is 11.8. The number of anilines is 1. The average molecular weight is 343 g/mol. The Hall–Kier alpha value is -2.96. The van der Waals surface area contributed by atoms with Crippen LogP contribution in [0.2, 0.25) is 0 Å². The number of carbonyl (C=O) groups excluding carboxylic acids is 2. The Morgan fingerprint density at radius 1 is 1.08 bits per heavy atom. The van der Waals surface area contributed by atoms with E-state index in [2.05, 4.69) is 15.3 Å². The topological polar surface area (TPSA) is 90.4 Å². The number of esters is 1. The largest absolute Gasteiger partial charge is 0.462 e. The number of aromatic nitrogens is 2. The van der Waals surface area contributed by atoms with Gasteiger partial charge in [0.05, 0.1) is 23.6 Å². The van der Waals surface area contributed by atoms with Crippen LogP contribution < -0.4 is 5.32 Å². The maximum Gasteiger partial charge on any atom is 0.412 e. The Bertz CT molecular complexity index is 769. The second-order valence-corrected chi connectivity index (χ2v) is 6.21. The molecule has 0 unspecified atom stereocenters. The van der Waals surface area contributed by atoms with E-state index < -0.39 is 17.7 Å². The molecule has 0 aliphatic carbocycles. The maximum atomic E-state index is 11.9. The summed E-state index contributed by atoms with van der Waals surface area (Å²) in [6.45, 7) is 7.40. The summed E-state index contributed by atoms with van der Waals surface area (Å²) in [5, 5.41) is 2.65. The molecule has 0 aromatic carbocycles. The van der Waals surface area contributed by atoms with Gasteiger partial charge < -0.3 is 9.47 Å². The standard InChI is InChI=1S/C18H21N3O4/c1-5-24-16(22)12-6-8-19-14(10-12)15-11-13(7-9-20-15)21-17(23)25-18(2,3)4/h6-11H,5H2,1-4H3,(H,20,21,23). The summed E-state index contributed by atoms with van der Waals surface area (Å²) >= 11 is 0. The van der Waals surface area contributed by atoms with Crippen LogP contribution in [0.1, 0.15) is 38.1 Å². The number of ether oxygens (including phenoxy) is 2. The van der Waals surface area contributed by atoms with Gasteiger partial charge in [0, 0.05) is 18.1 Å². The molecule has 25 heavy (non-hydrogen) atoms. The van der Waals surface area contributed by atoms with Crippen molar-refractivity contribution in [3.05, 3.63) is 42.2 Å². The Kier molecular flexibility index (Phi) is 5.69. The first-order valence-corrected chi connectivity index (χ1v) is 7.88. The van der Waals surface area contributed by atoms with E-state index in [4.69, 9.17) is 9.47 Å². The lowest BCUT2D eigenvalue weighted by molar-refractivity contribution is 0.0525. The Morgan fingerprint density at radius 2 is 1.72 bits per heavy atom. The van der Waals surface area contributed by atoms with Gasteiger partial charge in [0.1, 0.15) is 5.60 Å². The molecule has 1 amide bonds. The molecule has 2 heterocycles. The van der Waals surface area contributed by atoms with Gasteiger partial charge in [-0.1, -0.05) is 0 Å². The van der Waals surface area contributed by atoms with Crippen LogP contribution in [0.25, 0.3) is 11.4 Å². The Morgan fingerprint density at radius 3 is 2.36 bits per heavy atom. The summed E-state index contributed by atoms with van der Waals surface area (Å²) in [5.74, 6) is -0.422. The molecule has 2 aromatic rings. The van der Waals surface area contributed by atoms with E-state index in [0.29, 0.717) is 29.2 Å². The van der Waals surface area contributed by atoms with Gasteiger partial charge in [-0.15, -0.1) is 0 Å². The van der Waals surface area contributed by atoms with Crippen molar-refractivity contribution in [1.29, 1.82) is 0 Å². The fourth-order valence-corrected chi connectivity index (χ4v) is 1.98. The number of hydrogen-bond donors (Lipinski definition) is 1. The van der Waals surface area contributed by atoms with Gasteiger partial charge in [0.15, 0.2) is 0 Å². The number of nitrogens with zero attached hydrogens (tertiary/aromatic N) is 2. The van der Waals surface area contributed by atoms with E-state index in [-0.39, 0.29) is 0 Å². The molecule has 0 radical (unpaired) electrons. The van der Waals surface area contributed by atoms with Crippen LogP contribution in [0, 0.1) is 0 Å². The van der Waals surface area contributed by atoms with Crippen molar-refractivity contribution in [2.24, 2.45) is 0 Å². The molecule has 7 heteroatoms. The number of amides is 1. The SMILES string of the molecule is CCOC(=O)c1ccnc(-c2cc(NC(=O)OC(C)(C)C)ccn2)c1. The summed E-state index contributed by atoms with van der Waals surface area (Å²) in [6.07, 6.45) is 2.50. The smallest absolute Gasteiger partial charge is 0.412 e. The van der Waals surface area contributed by atoms with E-state index in [1.165, 1.54) is 6.20 Å². The third-order valence-corrected chi connectivity index (χ3v) is 2.94. The molecule has 0 saturated carbocycles. The lowest BCUT2D eigenvalue weighted by Gasteiger charge is -2.19. The average Bonchev–Trinajstić information content (AvgIpc) is 2.53. The molecule has 0 spiro atoms. The van der Waals surface area contributed by atoms with Crippen LogP contribution in [-0.2, 0) is 9.47 Å². The molecule has 0 aliphatic heterocycles. The van der Waals surface area contributed by atoms with Crippen LogP contribution >= 0.6 is 0 Å². The zero-order chi connectivity index (χ0) is 18.4. The van der Waals surface area contributed by atoms with Crippen LogP contribution in [0.3, 0.4) is 0 Å². The van der Waals surface area contributed by atoms with Crippen molar-refractivity contribution < 1.29 is 19.1 Å². The third kappa shape index (κ3) is 5.56. The van der Waals surface area contributed by atoms with Gasteiger partial charge >= 0.3 is 12.1 Å². The molecule has 0 atom stereocenters. The Labute approximate surface area is 146 Å². The molecule has 0 aliphatic rings. The van der Waals surface area contributed by atoms with Crippen molar-refractivity contribution in [3.63, 3.8) is 0 Å². The van der Waals surface area contributed by atoms with Gasteiger partial charge in [-0.3, -0.25) is 15.3 Å². The fourth-order valence-electron chi connectivity index (χ4n) is 1.98. The first-order valence-electron chi connectivity index (χ1n) is 7.88. The highest BCUT2D eigenvalue weighted by Gasteiger charge is 2.16.